The molecular weight excluding hydrogens is 250 g/mol. The van der Waals surface area contributed by atoms with Crippen LogP contribution >= 0.6 is 0 Å². The first-order valence-electron chi connectivity index (χ1n) is 6.99. The molecule has 0 spiro atoms. The highest BCUT2D eigenvalue weighted by Gasteiger charge is 2.25. The molecule has 1 saturated heterocycles. The average Bonchev–Trinajstić information content (AvgIpc) is 3.11. The second kappa shape index (κ2) is 5.89. The lowest BCUT2D eigenvalue weighted by Crippen LogP contribution is -2.28. The predicted molar refractivity (Wildman–Crippen MR) is 75.6 cm³/mol. The molecule has 1 aliphatic rings. The van der Waals surface area contributed by atoms with Gasteiger partial charge in [0.25, 0.3) is 0 Å². The Morgan fingerprint density at radius 2 is 2.20 bits per heavy atom. The summed E-state index contributed by atoms with van der Waals surface area (Å²) in [5, 5.41) is 13.0. The summed E-state index contributed by atoms with van der Waals surface area (Å²) >= 11 is 0. The van der Waals surface area contributed by atoms with Crippen LogP contribution in [0.5, 0.6) is 0 Å². The first kappa shape index (κ1) is 12.9. The van der Waals surface area contributed by atoms with Crippen LogP contribution in [0.15, 0.2) is 40.9 Å². The van der Waals surface area contributed by atoms with E-state index in [1.807, 2.05) is 36.4 Å². The lowest BCUT2D eigenvalue weighted by Gasteiger charge is -2.20. The molecule has 0 aliphatic carbocycles. The molecule has 1 unspecified atom stereocenters. The molecule has 2 aromatic rings. The van der Waals surface area contributed by atoms with Crippen molar-refractivity contribution in [3.8, 4) is 17.3 Å². The Labute approximate surface area is 118 Å². The van der Waals surface area contributed by atoms with E-state index in [-0.39, 0.29) is 0 Å². The molecule has 0 amide bonds. The SMILES string of the molecule is N#CCC1CCCN1Cc1cc(-c2ccccc2)no1. The zero-order valence-electron chi connectivity index (χ0n) is 11.3. The van der Waals surface area contributed by atoms with E-state index in [4.69, 9.17) is 9.78 Å². The molecule has 0 N–H and O–H groups in total. The third-order valence-corrected chi connectivity index (χ3v) is 3.81. The maximum atomic E-state index is 8.85. The van der Waals surface area contributed by atoms with Gasteiger partial charge in [0.15, 0.2) is 5.76 Å². The summed E-state index contributed by atoms with van der Waals surface area (Å²) < 4.78 is 5.43. The minimum Gasteiger partial charge on any atom is -0.359 e. The van der Waals surface area contributed by atoms with E-state index >= 15 is 0 Å². The maximum Gasteiger partial charge on any atom is 0.151 e. The number of hydrogen-bond acceptors (Lipinski definition) is 4. The van der Waals surface area contributed by atoms with Crippen LogP contribution < -0.4 is 0 Å². The largest absolute Gasteiger partial charge is 0.359 e. The monoisotopic (exact) mass is 267 g/mol. The molecule has 1 aromatic carbocycles. The molecule has 1 aromatic heterocycles. The second-order valence-corrected chi connectivity index (χ2v) is 5.17. The zero-order valence-corrected chi connectivity index (χ0v) is 11.3. The van der Waals surface area contributed by atoms with Crippen molar-refractivity contribution in [1.82, 2.24) is 10.1 Å². The van der Waals surface area contributed by atoms with Gasteiger partial charge in [0.05, 0.1) is 19.0 Å². The Kier molecular flexibility index (Phi) is 3.80. The van der Waals surface area contributed by atoms with E-state index in [1.165, 1.54) is 0 Å². The van der Waals surface area contributed by atoms with Crippen molar-refractivity contribution < 1.29 is 4.52 Å². The first-order valence-corrected chi connectivity index (χ1v) is 6.99. The summed E-state index contributed by atoms with van der Waals surface area (Å²) in [4.78, 5) is 2.32. The Hall–Kier alpha value is -2.12. The van der Waals surface area contributed by atoms with Gasteiger partial charge in [-0.1, -0.05) is 35.5 Å². The highest BCUT2D eigenvalue weighted by atomic mass is 16.5. The van der Waals surface area contributed by atoms with E-state index in [1.54, 1.807) is 0 Å². The van der Waals surface area contributed by atoms with Gasteiger partial charge in [-0.3, -0.25) is 4.90 Å². The minimum absolute atomic E-state index is 0.366. The number of benzene rings is 1. The fraction of sp³-hybridized carbons (Fsp3) is 0.375. The molecule has 0 radical (unpaired) electrons. The minimum atomic E-state index is 0.366. The number of nitriles is 1. The van der Waals surface area contributed by atoms with Crippen molar-refractivity contribution in [2.24, 2.45) is 0 Å². The fourth-order valence-electron chi connectivity index (χ4n) is 2.77. The van der Waals surface area contributed by atoms with Gasteiger partial charge in [0, 0.05) is 17.7 Å². The summed E-state index contributed by atoms with van der Waals surface area (Å²) in [6.07, 6.45) is 2.86. The number of hydrogen-bond donors (Lipinski definition) is 0. The average molecular weight is 267 g/mol. The first-order chi connectivity index (χ1) is 9.86. The van der Waals surface area contributed by atoms with Gasteiger partial charge in [0.1, 0.15) is 5.69 Å². The molecule has 0 bridgehead atoms. The molecule has 4 heteroatoms. The number of aromatic nitrogens is 1. The summed E-state index contributed by atoms with van der Waals surface area (Å²) in [6.45, 7) is 1.78. The third-order valence-electron chi connectivity index (χ3n) is 3.81. The molecule has 4 nitrogen and oxygen atoms in total. The van der Waals surface area contributed by atoms with E-state index in [0.29, 0.717) is 12.5 Å². The number of likely N-dealkylation sites (tertiary alicyclic amines) is 1. The molecule has 20 heavy (non-hydrogen) atoms. The van der Waals surface area contributed by atoms with Crippen molar-refractivity contribution in [2.75, 3.05) is 6.54 Å². The van der Waals surface area contributed by atoms with Crippen molar-refractivity contribution in [1.29, 1.82) is 5.26 Å². The van der Waals surface area contributed by atoms with Gasteiger partial charge in [-0.05, 0) is 19.4 Å². The van der Waals surface area contributed by atoms with E-state index in [0.717, 1.165) is 42.9 Å². The molecular formula is C16H17N3O. The van der Waals surface area contributed by atoms with Gasteiger partial charge in [-0.15, -0.1) is 0 Å². The van der Waals surface area contributed by atoms with Gasteiger partial charge < -0.3 is 4.52 Å². The van der Waals surface area contributed by atoms with E-state index in [2.05, 4.69) is 16.1 Å². The van der Waals surface area contributed by atoms with Gasteiger partial charge in [-0.25, -0.2) is 0 Å². The van der Waals surface area contributed by atoms with E-state index < -0.39 is 0 Å². The fourth-order valence-corrected chi connectivity index (χ4v) is 2.77. The van der Waals surface area contributed by atoms with Crippen molar-refractivity contribution in [3.63, 3.8) is 0 Å². The molecule has 2 heterocycles. The van der Waals surface area contributed by atoms with Crippen LogP contribution in [0.2, 0.25) is 0 Å². The summed E-state index contributed by atoms with van der Waals surface area (Å²) in [5.41, 5.74) is 1.94. The van der Waals surface area contributed by atoms with Crippen molar-refractivity contribution in [3.05, 3.63) is 42.2 Å². The number of rotatable bonds is 4. The van der Waals surface area contributed by atoms with Gasteiger partial charge in [0.2, 0.25) is 0 Å². The molecule has 102 valence electrons. The zero-order chi connectivity index (χ0) is 13.8. The van der Waals surface area contributed by atoms with Crippen LogP contribution in [-0.4, -0.2) is 22.6 Å². The normalized spacial score (nSPS) is 19.1. The van der Waals surface area contributed by atoms with Crippen LogP contribution in [0.4, 0.5) is 0 Å². The summed E-state index contributed by atoms with van der Waals surface area (Å²) in [7, 11) is 0. The van der Waals surface area contributed by atoms with Crippen molar-refractivity contribution >= 4 is 0 Å². The van der Waals surface area contributed by atoms with Crippen LogP contribution in [0, 0.1) is 11.3 Å². The van der Waals surface area contributed by atoms with E-state index in [9.17, 15) is 0 Å². The molecule has 3 rings (SSSR count). The van der Waals surface area contributed by atoms with Crippen molar-refractivity contribution in [2.45, 2.75) is 31.8 Å². The quantitative estimate of drug-likeness (QED) is 0.853. The number of nitrogens with zero attached hydrogens (tertiary/aromatic N) is 3. The van der Waals surface area contributed by atoms with Gasteiger partial charge in [-0.2, -0.15) is 5.26 Å². The molecule has 1 atom stereocenters. The topological polar surface area (TPSA) is 53.1 Å². The smallest absolute Gasteiger partial charge is 0.151 e. The highest BCUT2D eigenvalue weighted by molar-refractivity contribution is 5.58. The molecule has 1 aliphatic heterocycles. The summed E-state index contributed by atoms with van der Waals surface area (Å²) in [5.74, 6) is 0.869. The van der Waals surface area contributed by atoms with Crippen LogP contribution in [-0.2, 0) is 6.54 Å². The molecule has 0 saturated carbocycles. The molecule has 1 fully saturated rings. The highest BCUT2D eigenvalue weighted by Crippen LogP contribution is 2.24. The lowest BCUT2D eigenvalue weighted by molar-refractivity contribution is 0.217. The Morgan fingerprint density at radius 3 is 3.00 bits per heavy atom. The standard InChI is InChI=1S/C16H17N3O/c17-9-8-14-7-4-10-19(14)12-15-11-16(18-20-15)13-5-2-1-3-6-13/h1-3,5-6,11,14H,4,7-8,10,12H2. The maximum absolute atomic E-state index is 8.85. The second-order valence-electron chi connectivity index (χ2n) is 5.17. The summed E-state index contributed by atoms with van der Waals surface area (Å²) in [6, 6.07) is 14.7. The van der Waals surface area contributed by atoms with Crippen LogP contribution in [0.25, 0.3) is 11.3 Å². The Morgan fingerprint density at radius 1 is 1.35 bits per heavy atom. The van der Waals surface area contributed by atoms with Gasteiger partial charge >= 0.3 is 0 Å². The van der Waals surface area contributed by atoms with Crippen LogP contribution in [0.1, 0.15) is 25.0 Å². The lowest BCUT2D eigenvalue weighted by atomic mass is 10.1. The predicted octanol–water partition coefficient (Wildman–Crippen LogP) is 3.22. The third kappa shape index (κ3) is 2.73. The van der Waals surface area contributed by atoms with Crippen LogP contribution in [0.3, 0.4) is 0 Å². The Bertz CT molecular complexity index is 600. The Balaban J connectivity index is 1.70.